The van der Waals surface area contributed by atoms with Crippen molar-refractivity contribution >= 4 is 23.1 Å². The van der Waals surface area contributed by atoms with Crippen LogP contribution in [0, 0.1) is 0 Å². The minimum absolute atomic E-state index is 0.382. The number of aromatic nitrogens is 3. The van der Waals surface area contributed by atoms with Crippen molar-refractivity contribution in [1.82, 2.24) is 15.2 Å². The Labute approximate surface area is 152 Å². The van der Waals surface area contributed by atoms with E-state index in [1.807, 2.05) is 30.3 Å². The van der Waals surface area contributed by atoms with E-state index in [0.29, 0.717) is 23.3 Å². The maximum atomic E-state index is 5.30. The van der Waals surface area contributed by atoms with Crippen LogP contribution in [0.25, 0.3) is 0 Å². The van der Waals surface area contributed by atoms with Crippen molar-refractivity contribution in [3.05, 3.63) is 54.2 Å². The molecule has 2 aromatic carbocycles. The van der Waals surface area contributed by atoms with Crippen LogP contribution in [0.2, 0.25) is 0 Å². The van der Waals surface area contributed by atoms with Crippen LogP contribution in [0.15, 0.2) is 48.7 Å². The average Bonchev–Trinajstić information content (AvgIpc) is 2.69. The first-order valence-corrected chi connectivity index (χ1v) is 8.26. The lowest BCUT2D eigenvalue weighted by molar-refractivity contribution is 0.355. The summed E-state index contributed by atoms with van der Waals surface area (Å²) < 4.78 is 10.5. The molecule has 134 valence electrons. The number of anilines is 4. The minimum atomic E-state index is 0.382. The molecule has 0 unspecified atom stereocenters. The highest BCUT2D eigenvalue weighted by Crippen LogP contribution is 2.30. The standard InChI is InChI=1S/C19H21N5O2/c1-4-13-5-7-14(8-6-13)21-18-12-20-24-19(23-18)22-15-9-10-16(25-2)17(11-15)26-3/h5-12H,4H2,1-3H3,(H2,21,22,23,24). The van der Waals surface area contributed by atoms with Crippen molar-refractivity contribution in [1.29, 1.82) is 0 Å². The number of benzene rings is 2. The predicted molar refractivity (Wildman–Crippen MR) is 102 cm³/mol. The van der Waals surface area contributed by atoms with Gasteiger partial charge in [-0.2, -0.15) is 10.1 Å². The third kappa shape index (κ3) is 4.18. The van der Waals surface area contributed by atoms with E-state index in [1.54, 1.807) is 20.4 Å². The highest BCUT2D eigenvalue weighted by atomic mass is 16.5. The van der Waals surface area contributed by atoms with Gasteiger partial charge in [0.05, 0.1) is 20.4 Å². The Bertz CT molecular complexity index is 868. The Balaban J connectivity index is 1.74. The second-order valence-corrected chi connectivity index (χ2v) is 5.54. The summed E-state index contributed by atoms with van der Waals surface area (Å²) in [6.45, 7) is 2.13. The van der Waals surface area contributed by atoms with Gasteiger partial charge in [0.15, 0.2) is 17.3 Å². The summed E-state index contributed by atoms with van der Waals surface area (Å²) >= 11 is 0. The van der Waals surface area contributed by atoms with E-state index in [0.717, 1.165) is 17.8 Å². The molecule has 0 atom stereocenters. The van der Waals surface area contributed by atoms with Gasteiger partial charge in [-0.3, -0.25) is 0 Å². The van der Waals surface area contributed by atoms with Crippen molar-refractivity contribution in [3.8, 4) is 11.5 Å². The number of nitrogens with zero attached hydrogens (tertiary/aromatic N) is 3. The quantitative estimate of drug-likeness (QED) is 0.667. The smallest absolute Gasteiger partial charge is 0.249 e. The van der Waals surface area contributed by atoms with Gasteiger partial charge in [0.1, 0.15) is 0 Å². The SMILES string of the molecule is CCc1ccc(Nc2cnnc(Nc3ccc(OC)c(OC)c3)n2)cc1. The molecule has 26 heavy (non-hydrogen) atoms. The van der Waals surface area contributed by atoms with E-state index in [4.69, 9.17) is 9.47 Å². The third-order valence-corrected chi connectivity index (χ3v) is 3.83. The van der Waals surface area contributed by atoms with E-state index >= 15 is 0 Å². The number of nitrogens with one attached hydrogen (secondary N) is 2. The zero-order valence-corrected chi connectivity index (χ0v) is 15.0. The van der Waals surface area contributed by atoms with Crippen LogP contribution < -0.4 is 20.1 Å². The Morgan fingerprint density at radius 3 is 2.31 bits per heavy atom. The van der Waals surface area contributed by atoms with Gasteiger partial charge >= 0.3 is 0 Å². The topological polar surface area (TPSA) is 81.2 Å². The van der Waals surface area contributed by atoms with Crippen LogP contribution in [-0.4, -0.2) is 29.4 Å². The van der Waals surface area contributed by atoms with Gasteiger partial charge in [-0.25, -0.2) is 0 Å². The average molecular weight is 351 g/mol. The van der Waals surface area contributed by atoms with E-state index < -0.39 is 0 Å². The number of hydrogen-bond donors (Lipinski definition) is 2. The summed E-state index contributed by atoms with van der Waals surface area (Å²) in [5.74, 6) is 2.26. The zero-order valence-electron chi connectivity index (χ0n) is 15.0. The second-order valence-electron chi connectivity index (χ2n) is 5.54. The molecule has 1 heterocycles. The maximum absolute atomic E-state index is 5.30. The van der Waals surface area contributed by atoms with Gasteiger partial charge in [-0.15, -0.1) is 5.10 Å². The van der Waals surface area contributed by atoms with E-state index in [1.165, 1.54) is 5.56 Å². The molecule has 3 rings (SSSR count). The highest BCUT2D eigenvalue weighted by Gasteiger charge is 2.07. The summed E-state index contributed by atoms with van der Waals surface area (Å²) in [7, 11) is 3.19. The van der Waals surface area contributed by atoms with Crippen LogP contribution >= 0.6 is 0 Å². The van der Waals surface area contributed by atoms with Crippen molar-refractivity contribution in [2.75, 3.05) is 24.9 Å². The van der Waals surface area contributed by atoms with Crippen LogP contribution in [0.3, 0.4) is 0 Å². The third-order valence-electron chi connectivity index (χ3n) is 3.83. The van der Waals surface area contributed by atoms with Crippen LogP contribution in [0.5, 0.6) is 11.5 Å². The van der Waals surface area contributed by atoms with E-state index in [2.05, 4.69) is 44.9 Å². The summed E-state index contributed by atoms with van der Waals surface area (Å²) in [5, 5.41) is 14.3. The summed E-state index contributed by atoms with van der Waals surface area (Å²) in [4.78, 5) is 4.44. The van der Waals surface area contributed by atoms with Crippen molar-refractivity contribution < 1.29 is 9.47 Å². The molecule has 0 amide bonds. The molecule has 0 spiro atoms. The lowest BCUT2D eigenvalue weighted by Crippen LogP contribution is -2.02. The number of methoxy groups -OCH3 is 2. The first-order valence-electron chi connectivity index (χ1n) is 8.26. The van der Waals surface area contributed by atoms with Gasteiger partial charge < -0.3 is 20.1 Å². The minimum Gasteiger partial charge on any atom is -0.493 e. The Morgan fingerprint density at radius 2 is 1.62 bits per heavy atom. The fourth-order valence-corrected chi connectivity index (χ4v) is 2.43. The molecule has 0 saturated carbocycles. The molecule has 1 aromatic heterocycles. The summed E-state index contributed by atoms with van der Waals surface area (Å²) in [5.41, 5.74) is 3.00. The van der Waals surface area contributed by atoms with Gasteiger partial charge in [0.25, 0.3) is 0 Å². The van der Waals surface area contributed by atoms with E-state index in [-0.39, 0.29) is 0 Å². The first kappa shape index (κ1) is 17.5. The number of hydrogen-bond acceptors (Lipinski definition) is 7. The monoisotopic (exact) mass is 351 g/mol. The van der Waals surface area contributed by atoms with Crippen molar-refractivity contribution in [3.63, 3.8) is 0 Å². The lowest BCUT2D eigenvalue weighted by atomic mass is 10.1. The molecule has 7 nitrogen and oxygen atoms in total. The second kappa shape index (κ2) is 8.15. The maximum Gasteiger partial charge on any atom is 0.249 e. The summed E-state index contributed by atoms with van der Waals surface area (Å²) in [6, 6.07) is 13.7. The van der Waals surface area contributed by atoms with Gasteiger partial charge in [-0.1, -0.05) is 19.1 Å². The number of ether oxygens (including phenoxy) is 2. The zero-order chi connectivity index (χ0) is 18.4. The largest absolute Gasteiger partial charge is 0.493 e. The Hall–Kier alpha value is -3.35. The fraction of sp³-hybridized carbons (Fsp3) is 0.211. The molecule has 7 heteroatoms. The van der Waals surface area contributed by atoms with Crippen LogP contribution in [0.4, 0.5) is 23.1 Å². The molecule has 0 fully saturated rings. The van der Waals surface area contributed by atoms with Gasteiger partial charge in [0, 0.05) is 17.4 Å². The molecular weight excluding hydrogens is 330 g/mol. The molecular formula is C19H21N5O2. The Kier molecular flexibility index (Phi) is 5.48. The van der Waals surface area contributed by atoms with E-state index in [9.17, 15) is 0 Å². The van der Waals surface area contributed by atoms with Crippen molar-refractivity contribution in [2.45, 2.75) is 13.3 Å². The molecule has 0 bridgehead atoms. The molecule has 0 radical (unpaired) electrons. The molecule has 0 saturated heterocycles. The van der Waals surface area contributed by atoms with Gasteiger partial charge in [0.2, 0.25) is 5.95 Å². The first-order chi connectivity index (χ1) is 12.7. The molecule has 2 N–H and O–H groups in total. The molecule has 3 aromatic rings. The van der Waals surface area contributed by atoms with Gasteiger partial charge in [-0.05, 0) is 36.2 Å². The van der Waals surface area contributed by atoms with Crippen molar-refractivity contribution in [2.24, 2.45) is 0 Å². The predicted octanol–water partition coefficient (Wildman–Crippen LogP) is 3.94. The number of rotatable bonds is 7. The fourth-order valence-electron chi connectivity index (χ4n) is 2.43. The molecule has 0 aliphatic carbocycles. The van der Waals surface area contributed by atoms with Crippen LogP contribution in [0.1, 0.15) is 12.5 Å². The molecule has 0 aliphatic heterocycles. The Morgan fingerprint density at radius 1 is 0.885 bits per heavy atom. The molecule has 0 aliphatic rings. The lowest BCUT2D eigenvalue weighted by Gasteiger charge is -2.11. The van der Waals surface area contributed by atoms with Crippen LogP contribution in [-0.2, 0) is 6.42 Å². The normalized spacial score (nSPS) is 10.3. The highest BCUT2D eigenvalue weighted by molar-refractivity contribution is 5.61. The summed E-state index contributed by atoms with van der Waals surface area (Å²) in [6.07, 6.45) is 2.59. The number of aryl methyl sites for hydroxylation is 1.